The summed E-state index contributed by atoms with van der Waals surface area (Å²) in [7, 11) is 0. The van der Waals surface area contributed by atoms with Crippen molar-refractivity contribution in [3.8, 4) is 0 Å². The van der Waals surface area contributed by atoms with Crippen LogP contribution in [0.1, 0.15) is 33.6 Å². The van der Waals surface area contributed by atoms with Crippen LogP contribution in [0.5, 0.6) is 0 Å². The van der Waals surface area contributed by atoms with Gasteiger partial charge >= 0.3 is 0 Å². The van der Waals surface area contributed by atoms with E-state index in [2.05, 4.69) is 26.8 Å². The van der Waals surface area contributed by atoms with E-state index in [-0.39, 0.29) is 0 Å². The molecule has 2 rings (SSSR count). The van der Waals surface area contributed by atoms with Crippen molar-refractivity contribution in [2.75, 3.05) is 0 Å². The molecule has 2 bridgehead atoms. The molecule has 0 N–H and O–H groups in total. The Bertz CT molecular complexity index is 186. The third-order valence-electron chi connectivity index (χ3n) is 3.33. The van der Waals surface area contributed by atoms with Gasteiger partial charge in [0.1, 0.15) is 0 Å². The largest absolute Gasteiger partial charge is 0.0816 e. The summed E-state index contributed by atoms with van der Waals surface area (Å²) in [4.78, 5) is 0. The first-order chi connectivity index (χ1) is 4.59. The van der Waals surface area contributed by atoms with Gasteiger partial charge in [0.2, 0.25) is 0 Å². The lowest BCUT2D eigenvalue weighted by molar-refractivity contribution is 0.338. The summed E-state index contributed by atoms with van der Waals surface area (Å²) in [6, 6.07) is 0. The van der Waals surface area contributed by atoms with E-state index in [9.17, 15) is 0 Å². The second-order valence-electron chi connectivity index (χ2n) is 4.60. The molecule has 10 heavy (non-hydrogen) atoms. The molecule has 2 unspecified atom stereocenters. The first-order valence-electron chi connectivity index (χ1n) is 4.31. The topological polar surface area (TPSA) is 0 Å². The lowest BCUT2D eigenvalue weighted by Gasteiger charge is -2.25. The van der Waals surface area contributed by atoms with Gasteiger partial charge < -0.3 is 0 Å². The van der Waals surface area contributed by atoms with E-state index in [1.54, 1.807) is 5.57 Å². The van der Waals surface area contributed by atoms with Gasteiger partial charge in [0, 0.05) is 0 Å². The molecule has 0 saturated heterocycles. The molecule has 2 atom stereocenters. The standard InChI is InChI=1S/C10H16/c1-7-4-9-5-8(7)6-10(9,2)3/h4,7-8H,5-6H2,1-3H3. The van der Waals surface area contributed by atoms with Crippen LogP contribution >= 0.6 is 0 Å². The molecule has 0 heteroatoms. The Kier molecular flexibility index (Phi) is 1.07. The van der Waals surface area contributed by atoms with Crippen molar-refractivity contribution < 1.29 is 0 Å². The Morgan fingerprint density at radius 3 is 2.50 bits per heavy atom. The zero-order chi connectivity index (χ0) is 7.35. The van der Waals surface area contributed by atoms with Crippen LogP contribution in [0.25, 0.3) is 0 Å². The second-order valence-corrected chi connectivity index (χ2v) is 4.60. The molecule has 0 aromatic heterocycles. The van der Waals surface area contributed by atoms with Gasteiger partial charge in [-0.3, -0.25) is 0 Å². The number of rotatable bonds is 0. The highest BCUT2D eigenvalue weighted by molar-refractivity contribution is 5.26. The third kappa shape index (κ3) is 0.680. The van der Waals surface area contributed by atoms with Crippen LogP contribution in [-0.2, 0) is 0 Å². The van der Waals surface area contributed by atoms with E-state index in [0.29, 0.717) is 5.41 Å². The number of fused-ring (bicyclic) bond motifs is 2. The molecular weight excluding hydrogens is 120 g/mol. The Morgan fingerprint density at radius 1 is 1.50 bits per heavy atom. The monoisotopic (exact) mass is 136 g/mol. The first-order valence-corrected chi connectivity index (χ1v) is 4.31. The minimum Gasteiger partial charge on any atom is -0.0816 e. The summed E-state index contributed by atoms with van der Waals surface area (Å²) in [6.45, 7) is 7.11. The maximum atomic E-state index is 2.49. The summed E-state index contributed by atoms with van der Waals surface area (Å²) in [5.74, 6) is 1.87. The van der Waals surface area contributed by atoms with Gasteiger partial charge in [-0.15, -0.1) is 0 Å². The van der Waals surface area contributed by atoms with Gasteiger partial charge in [0.15, 0.2) is 0 Å². The van der Waals surface area contributed by atoms with Crippen molar-refractivity contribution in [1.29, 1.82) is 0 Å². The minimum absolute atomic E-state index is 0.553. The van der Waals surface area contributed by atoms with Crippen molar-refractivity contribution in [2.45, 2.75) is 33.6 Å². The van der Waals surface area contributed by atoms with E-state index in [1.807, 2.05) is 0 Å². The maximum absolute atomic E-state index is 2.49. The van der Waals surface area contributed by atoms with Crippen molar-refractivity contribution in [2.24, 2.45) is 17.3 Å². The number of allylic oxidation sites excluding steroid dienone is 2. The summed E-state index contributed by atoms with van der Waals surface area (Å²) in [6.07, 6.45) is 5.32. The van der Waals surface area contributed by atoms with E-state index >= 15 is 0 Å². The SMILES string of the molecule is CC1C=C2CC1CC2(C)C. The third-order valence-corrected chi connectivity index (χ3v) is 3.33. The fourth-order valence-electron chi connectivity index (χ4n) is 2.54. The van der Waals surface area contributed by atoms with E-state index in [1.165, 1.54) is 12.8 Å². The summed E-state index contributed by atoms with van der Waals surface area (Å²) in [5.41, 5.74) is 2.28. The van der Waals surface area contributed by atoms with Crippen molar-refractivity contribution in [1.82, 2.24) is 0 Å². The van der Waals surface area contributed by atoms with E-state index < -0.39 is 0 Å². The molecule has 0 amide bonds. The van der Waals surface area contributed by atoms with Crippen LogP contribution in [-0.4, -0.2) is 0 Å². The van der Waals surface area contributed by atoms with Crippen LogP contribution in [0.15, 0.2) is 11.6 Å². The fourth-order valence-corrected chi connectivity index (χ4v) is 2.54. The van der Waals surface area contributed by atoms with Crippen molar-refractivity contribution >= 4 is 0 Å². The molecule has 0 heterocycles. The highest BCUT2D eigenvalue weighted by Crippen LogP contribution is 2.53. The highest BCUT2D eigenvalue weighted by atomic mass is 14.5. The van der Waals surface area contributed by atoms with Gasteiger partial charge in [-0.25, -0.2) is 0 Å². The van der Waals surface area contributed by atoms with Crippen LogP contribution in [0, 0.1) is 17.3 Å². The van der Waals surface area contributed by atoms with Crippen molar-refractivity contribution in [3.05, 3.63) is 11.6 Å². The van der Waals surface area contributed by atoms with Gasteiger partial charge in [-0.1, -0.05) is 32.4 Å². The molecule has 0 aromatic rings. The Balaban J connectivity index is 2.33. The van der Waals surface area contributed by atoms with Crippen molar-refractivity contribution in [3.63, 3.8) is 0 Å². The predicted molar refractivity (Wildman–Crippen MR) is 43.8 cm³/mol. The second kappa shape index (κ2) is 1.66. The summed E-state index contributed by atoms with van der Waals surface area (Å²) < 4.78 is 0. The normalized spacial score (nSPS) is 42.1. The molecule has 0 nitrogen and oxygen atoms in total. The van der Waals surface area contributed by atoms with Crippen LogP contribution < -0.4 is 0 Å². The predicted octanol–water partition coefficient (Wildman–Crippen LogP) is 3.00. The van der Waals surface area contributed by atoms with E-state index in [4.69, 9.17) is 0 Å². The molecule has 0 spiro atoms. The molecule has 56 valence electrons. The first kappa shape index (κ1) is 6.45. The maximum Gasteiger partial charge on any atom is -0.0142 e. The summed E-state index contributed by atoms with van der Waals surface area (Å²) >= 11 is 0. The average molecular weight is 136 g/mol. The smallest absolute Gasteiger partial charge is 0.0142 e. The molecule has 0 aromatic carbocycles. The molecule has 0 radical (unpaired) electrons. The summed E-state index contributed by atoms with van der Waals surface area (Å²) in [5, 5.41) is 0. The molecular formula is C10H16. The molecule has 2 aliphatic carbocycles. The number of hydrogen-bond donors (Lipinski definition) is 0. The van der Waals surface area contributed by atoms with E-state index in [0.717, 1.165) is 11.8 Å². The zero-order valence-corrected chi connectivity index (χ0v) is 7.15. The Labute approximate surface area is 63.3 Å². The van der Waals surface area contributed by atoms with Crippen LogP contribution in [0.2, 0.25) is 0 Å². The lowest BCUT2D eigenvalue weighted by atomic mass is 9.79. The Morgan fingerprint density at radius 2 is 2.20 bits per heavy atom. The minimum atomic E-state index is 0.553. The van der Waals surface area contributed by atoms with Gasteiger partial charge in [-0.2, -0.15) is 0 Å². The quantitative estimate of drug-likeness (QED) is 0.449. The molecule has 1 saturated carbocycles. The molecule has 1 fully saturated rings. The van der Waals surface area contributed by atoms with Crippen LogP contribution in [0.4, 0.5) is 0 Å². The van der Waals surface area contributed by atoms with Crippen LogP contribution in [0.3, 0.4) is 0 Å². The molecule has 0 aliphatic heterocycles. The molecule has 2 aliphatic rings. The fraction of sp³-hybridized carbons (Fsp3) is 0.800. The average Bonchev–Trinajstić information content (AvgIpc) is 2.21. The van der Waals surface area contributed by atoms with Gasteiger partial charge in [-0.05, 0) is 30.1 Å². The van der Waals surface area contributed by atoms with Gasteiger partial charge in [0.05, 0.1) is 0 Å². The zero-order valence-electron chi connectivity index (χ0n) is 7.15. The van der Waals surface area contributed by atoms with Gasteiger partial charge in [0.25, 0.3) is 0 Å². The highest BCUT2D eigenvalue weighted by Gasteiger charge is 2.41. The lowest BCUT2D eigenvalue weighted by Crippen LogP contribution is -2.15. The Hall–Kier alpha value is -0.260. The number of hydrogen-bond acceptors (Lipinski definition) is 0.